The van der Waals surface area contributed by atoms with Gasteiger partial charge < -0.3 is 14.4 Å². The Labute approximate surface area is 136 Å². The SMILES string of the molecule is Cc1cccc(OC[C@H](O)Cn2c(C)nc3ccccc32)c1C. The van der Waals surface area contributed by atoms with E-state index >= 15 is 0 Å². The van der Waals surface area contributed by atoms with Gasteiger partial charge in [-0.2, -0.15) is 0 Å². The maximum Gasteiger partial charge on any atom is 0.122 e. The average molecular weight is 310 g/mol. The number of nitrogens with zero attached hydrogens (tertiary/aromatic N) is 2. The fourth-order valence-corrected chi connectivity index (χ4v) is 2.76. The highest BCUT2D eigenvalue weighted by Crippen LogP contribution is 2.21. The Bertz CT molecular complexity index is 823. The summed E-state index contributed by atoms with van der Waals surface area (Å²) in [7, 11) is 0. The van der Waals surface area contributed by atoms with Gasteiger partial charge >= 0.3 is 0 Å². The van der Waals surface area contributed by atoms with E-state index in [9.17, 15) is 5.11 Å². The van der Waals surface area contributed by atoms with Crippen molar-refractivity contribution < 1.29 is 9.84 Å². The van der Waals surface area contributed by atoms with Crippen LogP contribution in [0.5, 0.6) is 5.75 Å². The topological polar surface area (TPSA) is 47.3 Å². The van der Waals surface area contributed by atoms with Crippen molar-refractivity contribution in [2.75, 3.05) is 6.61 Å². The van der Waals surface area contributed by atoms with Gasteiger partial charge in [-0.05, 0) is 50.1 Å². The largest absolute Gasteiger partial charge is 0.491 e. The van der Waals surface area contributed by atoms with Crippen LogP contribution in [0.1, 0.15) is 17.0 Å². The van der Waals surface area contributed by atoms with Gasteiger partial charge in [-0.1, -0.05) is 24.3 Å². The molecule has 1 aromatic heterocycles. The van der Waals surface area contributed by atoms with E-state index in [4.69, 9.17) is 4.74 Å². The Morgan fingerprint density at radius 1 is 1.09 bits per heavy atom. The van der Waals surface area contributed by atoms with E-state index in [0.29, 0.717) is 6.54 Å². The van der Waals surface area contributed by atoms with E-state index < -0.39 is 6.10 Å². The Hall–Kier alpha value is -2.33. The van der Waals surface area contributed by atoms with Crippen molar-refractivity contribution in [2.24, 2.45) is 0 Å². The first-order valence-corrected chi connectivity index (χ1v) is 7.85. The maximum absolute atomic E-state index is 10.4. The first-order valence-electron chi connectivity index (χ1n) is 7.85. The standard InChI is InChI=1S/C19H22N2O2/c1-13-7-6-10-19(14(13)2)23-12-16(22)11-21-15(3)20-17-8-4-5-9-18(17)21/h4-10,16,22H,11-12H2,1-3H3/t16-/m1/s1. The molecule has 0 aliphatic rings. The molecule has 2 aromatic carbocycles. The van der Waals surface area contributed by atoms with Gasteiger partial charge in [0.2, 0.25) is 0 Å². The molecule has 0 saturated carbocycles. The van der Waals surface area contributed by atoms with Crippen molar-refractivity contribution in [1.29, 1.82) is 0 Å². The molecule has 4 nitrogen and oxygen atoms in total. The van der Waals surface area contributed by atoms with E-state index in [1.54, 1.807) is 0 Å². The number of aromatic nitrogens is 2. The molecule has 120 valence electrons. The van der Waals surface area contributed by atoms with Gasteiger partial charge in [0, 0.05) is 0 Å². The van der Waals surface area contributed by atoms with E-state index in [-0.39, 0.29) is 6.61 Å². The summed E-state index contributed by atoms with van der Waals surface area (Å²) in [6.45, 7) is 6.77. The Morgan fingerprint density at radius 2 is 1.87 bits per heavy atom. The lowest BCUT2D eigenvalue weighted by atomic mass is 10.1. The molecule has 0 aliphatic carbocycles. The molecule has 1 atom stereocenters. The molecule has 0 saturated heterocycles. The van der Waals surface area contributed by atoms with E-state index in [1.807, 2.05) is 54.8 Å². The van der Waals surface area contributed by atoms with Gasteiger partial charge in [0.25, 0.3) is 0 Å². The Kier molecular flexibility index (Phi) is 4.35. The fourth-order valence-electron chi connectivity index (χ4n) is 2.76. The summed E-state index contributed by atoms with van der Waals surface area (Å²) >= 11 is 0. The van der Waals surface area contributed by atoms with E-state index in [1.165, 1.54) is 5.56 Å². The Morgan fingerprint density at radius 3 is 2.70 bits per heavy atom. The number of aliphatic hydroxyl groups excluding tert-OH is 1. The minimum Gasteiger partial charge on any atom is -0.491 e. The van der Waals surface area contributed by atoms with Crippen molar-refractivity contribution in [2.45, 2.75) is 33.4 Å². The second-order valence-electron chi connectivity index (χ2n) is 5.92. The monoisotopic (exact) mass is 310 g/mol. The number of hydrogen-bond acceptors (Lipinski definition) is 3. The van der Waals surface area contributed by atoms with Gasteiger partial charge in [0.15, 0.2) is 0 Å². The molecule has 0 radical (unpaired) electrons. The molecule has 4 heteroatoms. The predicted molar refractivity (Wildman–Crippen MR) is 91.9 cm³/mol. The lowest BCUT2D eigenvalue weighted by Gasteiger charge is -2.16. The molecule has 3 aromatic rings. The third-order valence-corrected chi connectivity index (χ3v) is 4.22. The third-order valence-electron chi connectivity index (χ3n) is 4.22. The summed E-state index contributed by atoms with van der Waals surface area (Å²) in [6, 6.07) is 13.9. The van der Waals surface area contributed by atoms with Crippen LogP contribution in [-0.4, -0.2) is 27.4 Å². The molecule has 1 N–H and O–H groups in total. The van der Waals surface area contributed by atoms with Crippen molar-refractivity contribution in [3.8, 4) is 5.75 Å². The minimum absolute atomic E-state index is 0.260. The molecule has 0 spiro atoms. The van der Waals surface area contributed by atoms with Crippen LogP contribution >= 0.6 is 0 Å². The van der Waals surface area contributed by atoms with E-state index in [0.717, 1.165) is 28.2 Å². The third kappa shape index (κ3) is 3.22. The summed E-state index contributed by atoms with van der Waals surface area (Å²) < 4.78 is 7.83. The van der Waals surface area contributed by atoms with Gasteiger partial charge in [-0.15, -0.1) is 0 Å². The van der Waals surface area contributed by atoms with Crippen LogP contribution in [0, 0.1) is 20.8 Å². The number of ether oxygens (including phenoxy) is 1. The quantitative estimate of drug-likeness (QED) is 0.785. The van der Waals surface area contributed by atoms with E-state index in [2.05, 4.69) is 18.0 Å². The van der Waals surface area contributed by atoms with Crippen LogP contribution in [0.4, 0.5) is 0 Å². The second-order valence-corrected chi connectivity index (χ2v) is 5.92. The molecule has 3 rings (SSSR count). The summed E-state index contributed by atoms with van der Waals surface area (Å²) in [5, 5.41) is 10.4. The fraction of sp³-hybridized carbons (Fsp3) is 0.316. The number of para-hydroxylation sites is 2. The lowest BCUT2D eigenvalue weighted by Crippen LogP contribution is -2.24. The van der Waals surface area contributed by atoms with Crippen molar-refractivity contribution >= 4 is 11.0 Å². The van der Waals surface area contributed by atoms with Crippen molar-refractivity contribution in [3.63, 3.8) is 0 Å². The molecule has 0 amide bonds. The number of fused-ring (bicyclic) bond motifs is 1. The number of imidazole rings is 1. The molecular formula is C19H22N2O2. The van der Waals surface area contributed by atoms with Gasteiger partial charge in [0.1, 0.15) is 24.3 Å². The zero-order chi connectivity index (χ0) is 16.4. The highest BCUT2D eigenvalue weighted by Gasteiger charge is 2.13. The normalized spacial score (nSPS) is 12.5. The molecular weight excluding hydrogens is 288 g/mol. The molecule has 1 heterocycles. The first-order chi connectivity index (χ1) is 11.1. The van der Waals surface area contributed by atoms with Crippen LogP contribution in [0.15, 0.2) is 42.5 Å². The minimum atomic E-state index is -0.591. The number of aliphatic hydroxyl groups is 1. The number of aryl methyl sites for hydroxylation is 2. The average Bonchev–Trinajstić information content (AvgIpc) is 2.85. The molecule has 0 unspecified atom stereocenters. The van der Waals surface area contributed by atoms with Crippen LogP contribution in [-0.2, 0) is 6.54 Å². The van der Waals surface area contributed by atoms with Gasteiger partial charge in [-0.25, -0.2) is 4.98 Å². The summed E-state index contributed by atoms with van der Waals surface area (Å²) in [5.74, 6) is 1.73. The predicted octanol–water partition coefficient (Wildman–Crippen LogP) is 3.40. The number of benzene rings is 2. The van der Waals surface area contributed by atoms with Gasteiger partial charge in [0.05, 0.1) is 17.6 Å². The number of hydrogen-bond donors (Lipinski definition) is 1. The summed E-state index contributed by atoms with van der Waals surface area (Å²) in [6.07, 6.45) is -0.591. The van der Waals surface area contributed by atoms with Crippen LogP contribution in [0.2, 0.25) is 0 Å². The molecule has 0 bridgehead atoms. The lowest BCUT2D eigenvalue weighted by molar-refractivity contribution is 0.0926. The van der Waals surface area contributed by atoms with Crippen LogP contribution < -0.4 is 4.74 Å². The zero-order valence-corrected chi connectivity index (χ0v) is 13.8. The zero-order valence-electron chi connectivity index (χ0n) is 13.8. The molecule has 0 fully saturated rings. The summed E-state index contributed by atoms with van der Waals surface area (Å²) in [5.41, 5.74) is 4.29. The maximum atomic E-state index is 10.4. The Balaban J connectivity index is 1.70. The van der Waals surface area contributed by atoms with Crippen molar-refractivity contribution in [1.82, 2.24) is 9.55 Å². The molecule has 0 aliphatic heterocycles. The smallest absolute Gasteiger partial charge is 0.122 e. The molecule has 23 heavy (non-hydrogen) atoms. The summed E-state index contributed by atoms with van der Waals surface area (Å²) in [4.78, 5) is 4.52. The van der Waals surface area contributed by atoms with Crippen LogP contribution in [0.25, 0.3) is 11.0 Å². The highest BCUT2D eigenvalue weighted by molar-refractivity contribution is 5.75. The second kappa shape index (κ2) is 6.42. The highest BCUT2D eigenvalue weighted by atomic mass is 16.5. The van der Waals surface area contributed by atoms with Crippen molar-refractivity contribution in [3.05, 3.63) is 59.4 Å². The first kappa shape index (κ1) is 15.6. The van der Waals surface area contributed by atoms with Crippen LogP contribution in [0.3, 0.4) is 0 Å². The van der Waals surface area contributed by atoms with Gasteiger partial charge in [-0.3, -0.25) is 0 Å². The number of rotatable bonds is 5.